The lowest BCUT2D eigenvalue weighted by molar-refractivity contribution is 0.0933. The minimum Gasteiger partial charge on any atom is -0.457 e. The average Bonchev–Trinajstić information content (AvgIpc) is 2.53. The second-order valence-electron chi connectivity index (χ2n) is 4.67. The molecule has 0 aliphatic carbocycles. The van der Waals surface area contributed by atoms with E-state index in [0.717, 1.165) is 25.1 Å². The molecule has 0 aliphatic rings. The van der Waals surface area contributed by atoms with Gasteiger partial charge in [0.15, 0.2) is 0 Å². The number of para-hydroxylation sites is 1. The number of carbonyl (C=O) groups excluding carboxylic acids is 1. The molecule has 0 aromatic heterocycles. The first kappa shape index (κ1) is 15.1. The average molecular weight is 284 g/mol. The zero-order chi connectivity index (χ0) is 14.9. The summed E-state index contributed by atoms with van der Waals surface area (Å²) in [5, 5.41) is 0. The highest BCUT2D eigenvalue weighted by molar-refractivity contribution is 5.93. The van der Waals surface area contributed by atoms with Crippen LogP contribution in [0.3, 0.4) is 0 Å². The number of unbranched alkanes of at least 4 members (excludes halogenated alkanes) is 1. The summed E-state index contributed by atoms with van der Waals surface area (Å²) in [7, 11) is 0. The van der Waals surface area contributed by atoms with Gasteiger partial charge in [-0.3, -0.25) is 10.2 Å². The molecule has 21 heavy (non-hydrogen) atoms. The van der Waals surface area contributed by atoms with Gasteiger partial charge in [-0.15, -0.1) is 0 Å². The van der Waals surface area contributed by atoms with E-state index >= 15 is 0 Å². The number of nitrogens with one attached hydrogen (secondary N) is 2. The lowest BCUT2D eigenvalue weighted by Gasteiger charge is -2.08. The quantitative estimate of drug-likeness (QED) is 0.604. The molecule has 0 bridgehead atoms. The van der Waals surface area contributed by atoms with Crippen LogP contribution < -0.4 is 15.6 Å². The Balaban J connectivity index is 1.88. The van der Waals surface area contributed by atoms with Crippen LogP contribution >= 0.6 is 0 Å². The maximum absolute atomic E-state index is 11.9. The molecule has 2 aromatic carbocycles. The van der Waals surface area contributed by atoms with Crippen LogP contribution in [-0.4, -0.2) is 12.5 Å². The summed E-state index contributed by atoms with van der Waals surface area (Å²) in [4.78, 5) is 11.9. The van der Waals surface area contributed by atoms with Crippen LogP contribution in [-0.2, 0) is 0 Å². The van der Waals surface area contributed by atoms with Gasteiger partial charge in [0.1, 0.15) is 11.5 Å². The fourth-order valence-corrected chi connectivity index (χ4v) is 1.78. The van der Waals surface area contributed by atoms with Crippen LogP contribution in [0.25, 0.3) is 0 Å². The lowest BCUT2D eigenvalue weighted by atomic mass is 10.2. The Morgan fingerprint density at radius 2 is 1.67 bits per heavy atom. The summed E-state index contributed by atoms with van der Waals surface area (Å²) in [6.45, 7) is 2.88. The largest absolute Gasteiger partial charge is 0.457 e. The third kappa shape index (κ3) is 4.93. The van der Waals surface area contributed by atoms with Crippen molar-refractivity contribution in [3.8, 4) is 11.5 Å². The number of hydrogen-bond donors (Lipinski definition) is 2. The van der Waals surface area contributed by atoms with E-state index in [1.165, 1.54) is 0 Å². The smallest absolute Gasteiger partial charge is 0.265 e. The number of benzene rings is 2. The predicted octanol–water partition coefficient (Wildman–Crippen LogP) is 3.51. The Morgan fingerprint density at radius 3 is 2.33 bits per heavy atom. The predicted molar refractivity (Wildman–Crippen MR) is 83.3 cm³/mol. The van der Waals surface area contributed by atoms with Crippen molar-refractivity contribution < 1.29 is 9.53 Å². The number of amides is 1. The summed E-state index contributed by atoms with van der Waals surface area (Å²) < 4.78 is 5.68. The Hall–Kier alpha value is -2.33. The first-order valence-corrected chi connectivity index (χ1v) is 7.16. The van der Waals surface area contributed by atoms with Crippen LogP contribution in [0.5, 0.6) is 11.5 Å². The highest BCUT2D eigenvalue weighted by Crippen LogP contribution is 2.20. The van der Waals surface area contributed by atoms with Gasteiger partial charge in [0.2, 0.25) is 0 Å². The maximum Gasteiger partial charge on any atom is 0.265 e. The minimum atomic E-state index is -0.141. The van der Waals surface area contributed by atoms with Crippen molar-refractivity contribution >= 4 is 5.91 Å². The first-order valence-electron chi connectivity index (χ1n) is 7.16. The van der Waals surface area contributed by atoms with E-state index < -0.39 is 0 Å². The van der Waals surface area contributed by atoms with Crippen molar-refractivity contribution in [1.29, 1.82) is 0 Å². The Kier molecular flexibility index (Phi) is 5.79. The SMILES string of the molecule is CCCCNNC(=O)c1ccc(Oc2ccccc2)cc1. The van der Waals surface area contributed by atoms with Crippen LogP contribution in [0.1, 0.15) is 30.1 Å². The molecule has 0 heterocycles. The Labute approximate surface area is 125 Å². The molecule has 2 N–H and O–H groups in total. The molecule has 0 atom stereocenters. The molecule has 0 saturated heterocycles. The van der Waals surface area contributed by atoms with E-state index in [0.29, 0.717) is 11.3 Å². The van der Waals surface area contributed by atoms with Gasteiger partial charge in [-0.25, -0.2) is 5.43 Å². The van der Waals surface area contributed by atoms with E-state index in [1.807, 2.05) is 30.3 Å². The van der Waals surface area contributed by atoms with Crippen LogP contribution in [0, 0.1) is 0 Å². The Bertz CT molecular complexity index is 553. The highest BCUT2D eigenvalue weighted by Gasteiger charge is 2.05. The van der Waals surface area contributed by atoms with Crippen molar-refractivity contribution in [3.63, 3.8) is 0 Å². The zero-order valence-electron chi connectivity index (χ0n) is 12.1. The van der Waals surface area contributed by atoms with Gasteiger partial charge in [-0.05, 0) is 42.8 Å². The molecule has 0 spiro atoms. The Morgan fingerprint density at radius 1 is 1.00 bits per heavy atom. The number of hydrogen-bond acceptors (Lipinski definition) is 3. The van der Waals surface area contributed by atoms with Gasteiger partial charge in [-0.2, -0.15) is 0 Å². The zero-order valence-corrected chi connectivity index (χ0v) is 12.1. The molecular weight excluding hydrogens is 264 g/mol. The van der Waals surface area contributed by atoms with Crippen molar-refractivity contribution in [1.82, 2.24) is 10.9 Å². The molecule has 2 rings (SSSR count). The molecule has 1 amide bonds. The van der Waals surface area contributed by atoms with Gasteiger partial charge in [0.25, 0.3) is 5.91 Å². The molecule has 0 fully saturated rings. The number of hydrazine groups is 1. The van der Waals surface area contributed by atoms with E-state index in [-0.39, 0.29) is 5.91 Å². The van der Waals surface area contributed by atoms with Crippen molar-refractivity contribution in [2.24, 2.45) is 0 Å². The van der Waals surface area contributed by atoms with Crippen molar-refractivity contribution in [2.75, 3.05) is 6.54 Å². The summed E-state index contributed by atoms with van der Waals surface area (Å²) >= 11 is 0. The molecule has 2 aromatic rings. The second kappa shape index (κ2) is 8.07. The third-order valence-electron chi connectivity index (χ3n) is 2.95. The molecule has 4 nitrogen and oxygen atoms in total. The maximum atomic E-state index is 11.9. The third-order valence-corrected chi connectivity index (χ3v) is 2.95. The van der Waals surface area contributed by atoms with Gasteiger partial charge in [-0.1, -0.05) is 31.5 Å². The summed E-state index contributed by atoms with van der Waals surface area (Å²) in [5.41, 5.74) is 6.18. The molecule has 0 aliphatic heterocycles. The summed E-state index contributed by atoms with van der Waals surface area (Å²) in [6, 6.07) is 16.6. The van der Waals surface area contributed by atoms with Crippen molar-refractivity contribution in [3.05, 3.63) is 60.2 Å². The van der Waals surface area contributed by atoms with Gasteiger partial charge in [0.05, 0.1) is 0 Å². The van der Waals surface area contributed by atoms with Gasteiger partial charge in [0, 0.05) is 12.1 Å². The second-order valence-corrected chi connectivity index (χ2v) is 4.67. The topological polar surface area (TPSA) is 50.4 Å². The van der Waals surface area contributed by atoms with E-state index in [9.17, 15) is 4.79 Å². The highest BCUT2D eigenvalue weighted by atomic mass is 16.5. The van der Waals surface area contributed by atoms with Gasteiger partial charge < -0.3 is 4.74 Å². The van der Waals surface area contributed by atoms with E-state index in [4.69, 9.17) is 4.74 Å². The molecule has 0 radical (unpaired) electrons. The van der Waals surface area contributed by atoms with E-state index in [2.05, 4.69) is 17.8 Å². The molecule has 0 unspecified atom stereocenters. The lowest BCUT2D eigenvalue weighted by Crippen LogP contribution is -2.37. The fourth-order valence-electron chi connectivity index (χ4n) is 1.78. The van der Waals surface area contributed by atoms with Gasteiger partial charge >= 0.3 is 0 Å². The molecular formula is C17H20N2O2. The minimum absolute atomic E-state index is 0.141. The van der Waals surface area contributed by atoms with Crippen LogP contribution in [0.2, 0.25) is 0 Å². The number of ether oxygens (including phenoxy) is 1. The van der Waals surface area contributed by atoms with E-state index in [1.54, 1.807) is 24.3 Å². The normalized spacial score (nSPS) is 10.1. The molecule has 0 saturated carbocycles. The number of rotatable bonds is 7. The fraction of sp³-hybridized carbons (Fsp3) is 0.235. The monoisotopic (exact) mass is 284 g/mol. The standard InChI is InChI=1S/C17H20N2O2/c1-2-3-13-18-19-17(20)14-9-11-16(12-10-14)21-15-7-5-4-6-8-15/h4-12,18H,2-3,13H2,1H3,(H,19,20). The first-order chi connectivity index (χ1) is 10.3. The molecule has 4 heteroatoms. The van der Waals surface area contributed by atoms with Crippen LogP contribution in [0.15, 0.2) is 54.6 Å². The summed E-state index contributed by atoms with van der Waals surface area (Å²) in [6.07, 6.45) is 2.12. The van der Waals surface area contributed by atoms with Crippen LogP contribution in [0.4, 0.5) is 0 Å². The van der Waals surface area contributed by atoms with Crippen molar-refractivity contribution in [2.45, 2.75) is 19.8 Å². The summed E-state index contributed by atoms with van der Waals surface area (Å²) in [5.74, 6) is 1.34. The molecule has 110 valence electrons. The number of carbonyl (C=O) groups is 1.